The van der Waals surface area contributed by atoms with E-state index in [0.717, 1.165) is 5.70 Å². The van der Waals surface area contributed by atoms with Crippen LogP contribution in [0.2, 0.25) is 0 Å². The summed E-state index contributed by atoms with van der Waals surface area (Å²) in [6.07, 6.45) is 1.79. The summed E-state index contributed by atoms with van der Waals surface area (Å²) in [6.45, 7) is 6.83. The van der Waals surface area contributed by atoms with Crippen LogP contribution in [0.4, 0.5) is 0 Å². The lowest BCUT2D eigenvalue weighted by atomic mass is 10.5. The maximum Gasteiger partial charge on any atom is 0.231 e. The van der Waals surface area contributed by atoms with E-state index >= 15 is 0 Å². The van der Waals surface area contributed by atoms with Gasteiger partial charge in [-0.25, -0.2) is 9.98 Å². The highest BCUT2D eigenvalue weighted by molar-refractivity contribution is 5.99. The van der Waals surface area contributed by atoms with Crippen LogP contribution < -0.4 is 0 Å². The first kappa shape index (κ1) is 8.57. The smallest absolute Gasteiger partial charge is 0.231 e. The second-order valence-corrected chi connectivity index (χ2v) is 1.64. The minimum Gasteiger partial charge on any atom is -0.236 e. The van der Waals surface area contributed by atoms with Gasteiger partial charge in [-0.3, -0.25) is 0 Å². The minimum atomic E-state index is 0.107. The third kappa shape index (κ3) is 2.78. The van der Waals surface area contributed by atoms with E-state index in [4.69, 9.17) is 5.26 Å². The molecular weight excluding hydrogens is 126 g/mol. The summed E-state index contributed by atoms with van der Waals surface area (Å²) < 4.78 is 0. The predicted octanol–water partition coefficient (Wildman–Crippen LogP) is 1.53. The summed E-state index contributed by atoms with van der Waals surface area (Å²) >= 11 is 0. The zero-order chi connectivity index (χ0) is 7.98. The van der Waals surface area contributed by atoms with Crippen LogP contribution in [0.15, 0.2) is 21.8 Å². The largest absolute Gasteiger partial charge is 0.236 e. The molecule has 3 nitrogen and oxygen atoms in total. The molecule has 0 aromatic heterocycles. The quantitative estimate of drug-likeness (QED) is 0.397. The van der Waals surface area contributed by atoms with Crippen molar-refractivity contribution in [1.82, 2.24) is 0 Å². The molecule has 0 heterocycles. The van der Waals surface area contributed by atoms with Gasteiger partial charge in [0.05, 0.1) is 0 Å². The predicted molar refractivity (Wildman–Crippen MR) is 42.0 cm³/mol. The molecule has 0 aliphatic heterocycles. The van der Waals surface area contributed by atoms with Crippen molar-refractivity contribution < 1.29 is 0 Å². The number of allylic oxidation sites excluding steroid dienone is 2. The van der Waals surface area contributed by atoms with E-state index < -0.39 is 0 Å². The molecule has 0 saturated carbocycles. The molecule has 0 aromatic rings. The van der Waals surface area contributed by atoms with Crippen molar-refractivity contribution in [1.29, 1.82) is 5.26 Å². The molecule has 0 unspecified atom stereocenters. The zero-order valence-corrected chi connectivity index (χ0v) is 6.13. The van der Waals surface area contributed by atoms with E-state index in [9.17, 15) is 0 Å². The van der Waals surface area contributed by atoms with Crippen molar-refractivity contribution in [2.45, 2.75) is 13.8 Å². The molecule has 0 fully saturated rings. The van der Waals surface area contributed by atoms with Crippen LogP contribution in [0, 0.1) is 11.3 Å². The van der Waals surface area contributed by atoms with Crippen molar-refractivity contribution in [3.8, 4) is 6.07 Å². The molecule has 0 spiro atoms. The van der Waals surface area contributed by atoms with Crippen molar-refractivity contribution in [2.24, 2.45) is 9.98 Å². The van der Waals surface area contributed by atoms with Gasteiger partial charge in [0.15, 0.2) is 0 Å². The van der Waals surface area contributed by atoms with Crippen LogP contribution >= 0.6 is 0 Å². The van der Waals surface area contributed by atoms with Crippen molar-refractivity contribution in [3.05, 3.63) is 11.8 Å². The van der Waals surface area contributed by atoms with Gasteiger partial charge in [-0.2, -0.15) is 5.26 Å². The van der Waals surface area contributed by atoms with Gasteiger partial charge in [0.2, 0.25) is 5.84 Å². The van der Waals surface area contributed by atoms with E-state index in [1.165, 1.54) is 0 Å². The second-order valence-electron chi connectivity index (χ2n) is 1.64. The summed E-state index contributed by atoms with van der Waals surface area (Å²) in [5.41, 5.74) is 0.768. The number of aliphatic imine (C=N–C) groups is 2. The fourth-order valence-electron chi connectivity index (χ4n) is 0.327. The number of rotatable bonds is 1. The molecule has 0 saturated heterocycles. The Kier molecular flexibility index (Phi) is 3.81. The first-order chi connectivity index (χ1) is 4.74. The number of hydrogen-bond acceptors (Lipinski definition) is 2. The van der Waals surface area contributed by atoms with Gasteiger partial charge >= 0.3 is 0 Å². The summed E-state index contributed by atoms with van der Waals surface area (Å²) in [7, 11) is 0. The maximum absolute atomic E-state index is 8.33. The van der Waals surface area contributed by atoms with E-state index in [0.29, 0.717) is 0 Å². The Morgan fingerprint density at radius 3 is 2.60 bits per heavy atom. The minimum absolute atomic E-state index is 0.107. The monoisotopic (exact) mass is 135 g/mol. The van der Waals surface area contributed by atoms with E-state index in [1.807, 2.05) is 6.92 Å². The molecule has 52 valence electrons. The molecular formula is C7H9N3. The molecule has 0 aromatic carbocycles. The Labute approximate surface area is 60.4 Å². The lowest BCUT2D eigenvalue weighted by molar-refractivity contribution is 1.27. The van der Waals surface area contributed by atoms with Gasteiger partial charge < -0.3 is 0 Å². The molecule has 0 bridgehead atoms. The fraction of sp³-hybridized carbons (Fsp3) is 0.286. The van der Waals surface area contributed by atoms with Crippen LogP contribution in [0.3, 0.4) is 0 Å². The first-order valence-electron chi connectivity index (χ1n) is 2.83. The van der Waals surface area contributed by atoms with Gasteiger partial charge in [-0.1, -0.05) is 6.08 Å². The second kappa shape index (κ2) is 4.45. The molecule has 0 amide bonds. The van der Waals surface area contributed by atoms with Gasteiger partial charge in [-0.15, -0.1) is 0 Å². The third-order valence-corrected chi connectivity index (χ3v) is 0.950. The first-order valence-corrected chi connectivity index (χ1v) is 2.83. The number of hydrogen-bond donors (Lipinski definition) is 0. The molecule has 0 rings (SSSR count). The van der Waals surface area contributed by atoms with Gasteiger partial charge in [0.1, 0.15) is 6.07 Å². The lowest BCUT2D eigenvalue weighted by Gasteiger charge is -1.87. The molecule has 10 heavy (non-hydrogen) atoms. The number of nitriles is 1. The average molecular weight is 135 g/mol. The van der Waals surface area contributed by atoms with Crippen molar-refractivity contribution in [2.75, 3.05) is 0 Å². The molecule has 0 aliphatic carbocycles. The van der Waals surface area contributed by atoms with Crippen LogP contribution in [-0.4, -0.2) is 12.6 Å². The van der Waals surface area contributed by atoms with Gasteiger partial charge in [0, 0.05) is 5.70 Å². The van der Waals surface area contributed by atoms with Gasteiger partial charge in [-0.05, 0) is 20.6 Å². The number of nitrogens with zero attached hydrogens (tertiary/aromatic N) is 3. The Morgan fingerprint density at radius 2 is 2.30 bits per heavy atom. The average Bonchev–Trinajstić information content (AvgIpc) is 1.99. The Bertz CT molecular complexity index is 217. The Balaban J connectivity index is 4.44. The SMILES string of the molecule is C=NC(C#N)=N/C(C)=C\C. The molecule has 0 N–H and O–H groups in total. The van der Waals surface area contributed by atoms with Crippen molar-refractivity contribution >= 4 is 12.6 Å². The Morgan fingerprint density at radius 1 is 1.70 bits per heavy atom. The summed E-state index contributed by atoms with van der Waals surface area (Å²) in [4.78, 5) is 7.21. The zero-order valence-electron chi connectivity index (χ0n) is 6.13. The van der Waals surface area contributed by atoms with Crippen LogP contribution in [0.1, 0.15) is 13.8 Å². The summed E-state index contributed by atoms with van der Waals surface area (Å²) in [5.74, 6) is 0.107. The molecule has 0 atom stereocenters. The lowest BCUT2D eigenvalue weighted by Crippen LogP contribution is -1.86. The molecule has 0 aliphatic rings. The van der Waals surface area contributed by atoms with Crippen molar-refractivity contribution in [3.63, 3.8) is 0 Å². The summed E-state index contributed by atoms with van der Waals surface area (Å²) in [6, 6.07) is 1.80. The fourth-order valence-corrected chi connectivity index (χ4v) is 0.327. The summed E-state index contributed by atoms with van der Waals surface area (Å²) in [5, 5.41) is 8.33. The van der Waals surface area contributed by atoms with E-state index in [-0.39, 0.29) is 5.84 Å². The Hall–Kier alpha value is -1.43. The van der Waals surface area contributed by atoms with Crippen LogP contribution in [0.25, 0.3) is 0 Å². The highest BCUT2D eigenvalue weighted by atomic mass is 14.9. The highest BCUT2D eigenvalue weighted by Crippen LogP contribution is 1.94. The molecule has 0 radical (unpaired) electrons. The van der Waals surface area contributed by atoms with E-state index in [2.05, 4.69) is 16.7 Å². The highest BCUT2D eigenvalue weighted by Gasteiger charge is 1.88. The topological polar surface area (TPSA) is 48.5 Å². The van der Waals surface area contributed by atoms with Crippen LogP contribution in [-0.2, 0) is 0 Å². The van der Waals surface area contributed by atoms with E-state index in [1.54, 1.807) is 19.1 Å². The van der Waals surface area contributed by atoms with Crippen LogP contribution in [0.5, 0.6) is 0 Å². The maximum atomic E-state index is 8.33. The third-order valence-electron chi connectivity index (χ3n) is 0.950. The number of amidine groups is 1. The standard InChI is InChI=1S/C7H9N3/c1-4-6(2)10-7(5-8)9-3/h4H,3H2,1-2H3/b6-4-,10-7?. The normalized spacial score (nSPS) is 12.5. The van der Waals surface area contributed by atoms with Gasteiger partial charge in [0.25, 0.3) is 0 Å². The molecule has 3 heteroatoms.